The van der Waals surface area contributed by atoms with Crippen LogP contribution in [-0.4, -0.2) is 61.8 Å². The maximum Gasteiger partial charge on any atom is 0.509 e. The third kappa shape index (κ3) is 3.91. The average molecular weight is 465 g/mol. The Balaban J connectivity index is 1.76. The minimum absolute atomic E-state index is 0.160. The molecule has 0 unspecified atom stereocenters. The van der Waals surface area contributed by atoms with Crippen LogP contribution < -0.4 is 20.4 Å². The van der Waals surface area contributed by atoms with Crippen molar-refractivity contribution in [1.82, 2.24) is 0 Å². The zero-order valence-electron chi connectivity index (χ0n) is 18.5. The lowest BCUT2D eigenvalue weighted by molar-refractivity contribution is -0.283. The number of carbonyl (C=O) groups excluding carboxylic acids is 1. The van der Waals surface area contributed by atoms with Gasteiger partial charge in [-0.15, -0.1) is 0 Å². The van der Waals surface area contributed by atoms with Gasteiger partial charge in [-0.3, -0.25) is 5.32 Å². The first-order valence-corrected chi connectivity index (χ1v) is 9.95. The maximum absolute atomic E-state index is 12.2. The summed E-state index contributed by atoms with van der Waals surface area (Å²) in [5.41, 5.74) is -1.48. The van der Waals surface area contributed by atoms with E-state index in [2.05, 4.69) is 0 Å². The van der Waals surface area contributed by atoms with Gasteiger partial charge in [0.2, 0.25) is 12.4 Å². The quantitative estimate of drug-likeness (QED) is 0.495. The number of carboxylic acid groups (broad SMARTS) is 1. The molecule has 2 N–H and O–H groups in total. The molecule has 3 heterocycles. The second kappa shape index (κ2) is 8.12. The Labute approximate surface area is 187 Å². The second-order valence-corrected chi connectivity index (χ2v) is 8.11. The number of amides is 1. The number of fused-ring (bicyclic) bond motifs is 2. The summed E-state index contributed by atoms with van der Waals surface area (Å²) in [5, 5.41) is 11.3. The number of hydrogen-bond acceptors (Lipinski definition) is 10. The van der Waals surface area contributed by atoms with Gasteiger partial charge >= 0.3 is 17.9 Å². The summed E-state index contributed by atoms with van der Waals surface area (Å²) in [6.07, 6.45) is -5.66. The van der Waals surface area contributed by atoms with E-state index in [0.29, 0.717) is 10.9 Å². The Kier molecular flexibility index (Phi) is 5.58. The number of ether oxygens (including phenoxy) is 6. The highest BCUT2D eigenvalue weighted by molar-refractivity contribution is 5.90. The highest BCUT2D eigenvalue weighted by Gasteiger charge is 2.59. The molecule has 1 aromatic heterocycles. The molecule has 2 aliphatic rings. The average Bonchev–Trinajstić information content (AvgIpc) is 3.11. The monoisotopic (exact) mass is 465 g/mol. The molecule has 2 aliphatic heterocycles. The largest absolute Gasteiger partial charge is 0.509 e. The summed E-state index contributed by atoms with van der Waals surface area (Å²) >= 11 is 0. The lowest BCUT2D eigenvalue weighted by Gasteiger charge is -2.45. The molecule has 0 bridgehead atoms. The fourth-order valence-corrected chi connectivity index (χ4v) is 4.16. The second-order valence-electron chi connectivity index (χ2n) is 8.11. The van der Waals surface area contributed by atoms with Gasteiger partial charge in [-0.2, -0.15) is 0 Å². The molecule has 12 heteroatoms. The van der Waals surface area contributed by atoms with Crippen LogP contribution in [0.15, 0.2) is 21.3 Å². The van der Waals surface area contributed by atoms with Crippen molar-refractivity contribution >= 4 is 28.9 Å². The van der Waals surface area contributed by atoms with Crippen LogP contribution in [0.25, 0.3) is 11.0 Å². The number of anilines is 1. The molecule has 0 saturated carbocycles. The minimum atomic E-state index is -1.40. The number of nitrogens with one attached hydrogen (secondary N) is 1. The third-order valence-electron chi connectivity index (χ3n) is 5.58. The van der Waals surface area contributed by atoms with E-state index in [1.807, 2.05) is 5.32 Å². The first kappa shape index (κ1) is 22.7. The Morgan fingerprint density at radius 1 is 1.15 bits per heavy atom. The Morgan fingerprint density at radius 3 is 2.48 bits per heavy atom. The molecule has 12 nitrogen and oxygen atoms in total. The normalized spacial score (nSPS) is 25.7. The smallest absolute Gasteiger partial charge is 0.493 e. The molecule has 0 spiro atoms. The summed E-state index contributed by atoms with van der Waals surface area (Å²) < 4.78 is 39.0. The summed E-state index contributed by atoms with van der Waals surface area (Å²) in [4.78, 5) is 35.0. The molecule has 2 fully saturated rings. The van der Waals surface area contributed by atoms with E-state index in [4.69, 9.17) is 37.9 Å². The van der Waals surface area contributed by atoms with E-state index in [9.17, 15) is 14.4 Å². The highest BCUT2D eigenvalue weighted by atomic mass is 16.8. The number of benzene rings is 1. The van der Waals surface area contributed by atoms with Gasteiger partial charge in [-0.05, 0) is 32.9 Å². The van der Waals surface area contributed by atoms with E-state index < -0.39 is 48.1 Å². The maximum atomic E-state index is 12.2. The summed E-state index contributed by atoms with van der Waals surface area (Å²) in [6.45, 7) is 5.16. The van der Waals surface area contributed by atoms with Crippen molar-refractivity contribution in [3.8, 4) is 11.5 Å². The van der Waals surface area contributed by atoms with E-state index in [-0.39, 0.29) is 22.8 Å². The van der Waals surface area contributed by atoms with Crippen molar-refractivity contribution in [3.05, 3.63) is 28.1 Å². The third-order valence-corrected chi connectivity index (χ3v) is 5.58. The van der Waals surface area contributed by atoms with Gasteiger partial charge in [0.1, 0.15) is 17.4 Å². The van der Waals surface area contributed by atoms with Crippen LogP contribution >= 0.6 is 0 Å². The summed E-state index contributed by atoms with van der Waals surface area (Å²) in [5.74, 6) is 0.442. The molecular formula is C21H23NO11. The highest BCUT2D eigenvalue weighted by Crippen LogP contribution is 2.42. The molecule has 1 aromatic carbocycles. The summed E-state index contributed by atoms with van der Waals surface area (Å²) in [6, 6.07) is 2.86. The van der Waals surface area contributed by atoms with Crippen LogP contribution in [0.5, 0.6) is 11.5 Å². The van der Waals surface area contributed by atoms with Crippen LogP contribution in [0, 0.1) is 6.92 Å². The van der Waals surface area contributed by atoms with Gasteiger partial charge in [0.15, 0.2) is 17.6 Å². The van der Waals surface area contributed by atoms with Crippen LogP contribution in [0.1, 0.15) is 19.4 Å². The van der Waals surface area contributed by atoms with Gasteiger partial charge in [-0.1, -0.05) is 0 Å². The van der Waals surface area contributed by atoms with Crippen LogP contribution in [0.2, 0.25) is 0 Å². The number of rotatable bonds is 5. The fraction of sp³-hybridized carbons (Fsp3) is 0.476. The van der Waals surface area contributed by atoms with Gasteiger partial charge in [0.05, 0.1) is 12.7 Å². The van der Waals surface area contributed by atoms with Crippen molar-refractivity contribution in [2.24, 2.45) is 0 Å². The number of aryl methyl sites for hydroxylation is 1. The minimum Gasteiger partial charge on any atom is -0.493 e. The van der Waals surface area contributed by atoms with E-state index in [1.165, 1.54) is 26.4 Å². The van der Waals surface area contributed by atoms with Crippen LogP contribution in [0.3, 0.4) is 0 Å². The standard InChI is InChI=1S/C21H23NO11/c1-8-12-9(6-10(17(23)29-12)22-19(24)25)7-11(27-4)13(8)30-18-15-14(31-20(26)32-15)16(28-5)21(2,3)33-18/h6-7,14-16,18,22H,1-5H3,(H,24,25)/t14-,15+,16+,18+/m0/s1. The van der Waals surface area contributed by atoms with Crippen molar-refractivity contribution in [2.45, 2.75) is 51.0 Å². The van der Waals surface area contributed by atoms with E-state index in [0.717, 1.165) is 0 Å². The van der Waals surface area contributed by atoms with Crippen LogP contribution in [0.4, 0.5) is 15.3 Å². The number of methoxy groups -OCH3 is 2. The Hall–Kier alpha value is -3.51. The topological polar surface area (TPSA) is 152 Å². The lowest BCUT2D eigenvalue weighted by Crippen LogP contribution is -2.62. The molecule has 1 amide bonds. The van der Waals surface area contributed by atoms with Crippen molar-refractivity contribution < 1.29 is 47.5 Å². The lowest BCUT2D eigenvalue weighted by atomic mass is 9.89. The molecule has 33 heavy (non-hydrogen) atoms. The molecule has 2 saturated heterocycles. The van der Waals surface area contributed by atoms with Crippen molar-refractivity contribution in [1.29, 1.82) is 0 Å². The van der Waals surface area contributed by atoms with Gasteiger partial charge in [-0.25, -0.2) is 14.4 Å². The van der Waals surface area contributed by atoms with Crippen LogP contribution in [-0.2, 0) is 18.9 Å². The molecular weight excluding hydrogens is 442 g/mol. The zero-order chi connectivity index (χ0) is 24.1. The number of hydrogen-bond donors (Lipinski definition) is 2. The number of carbonyl (C=O) groups is 2. The zero-order valence-corrected chi connectivity index (χ0v) is 18.5. The Morgan fingerprint density at radius 2 is 1.85 bits per heavy atom. The first-order chi connectivity index (χ1) is 15.6. The van der Waals surface area contributed by atoms with Crippen molar-refractivity contribution in [3.63, 3.8) is 0 Å². The molecule has 178 valence electrons. The predicted molar refractivity (Wildman–Crippen MR) is 111 cm³/mol. The Bertz CT molecular complexity index is 1170. The van der Waals surface area contributed by atoms with E-state index in [1.54, 1.807) is 20.8 Å². The van der Waals surface area contributed by atoms with Gasteiger partial charge in [0, 0.05) is 18.1 Å². The fourth-order valence-electron chi connectivity index (χ4n) is 4.16. The van der Waals surface area contributed by atoms with E-state index >= 15 is 0 Å². The summed E-state index contributed by atoms with van der Waals surface area (Å²) in [7, 11) is 2.89. The molecule has 4 rings (SSSR count). The van der Waals surface area contributed by atoms with Gasteiger partial charge < -0.3 is 37.9 Å². The predicted octanol–water partition coefficient (Wildman–Crippen LogP) is 2.63. The molecule has 0 radical (unpaired) electrons. The molecule has 4 atom stereocenters. The first-order valence-electron chi connectivity index (χ1n) is 9.95. The molecule has 2 aromatic rings. The van der Waals surface area contributed by atoms with Gasteiger partial charge in [0.25, 0.3) is 0 Å². The SMILES string of the molecule is COc1cc2cc(NC(=O)O)c(=O)oc2c(C)c1O[C@@H]1OC(C)(C)[C@H](OC)[C@H]2OC(=O)O[C@@H]12. The molecule has 0 aliphatic carbocycles. The van der Waals surface area contributed by atoms with Crippen molar-refractivity contribution in [2.75, 3.05) is 19.5 Å².